The largest absolute Gasteiger partial charge is 0.494 e. The zero-order valence-electron chi connectivity index (χ0n) is 13.2. The molecule has 3 rings (SSSR count). The minimum Gasteiger partial charge on any atom is -0.459 e. The maximum absolute atomic E-state index is 11.8. The standard InChI is InChI=1S/C16H21BO4/c1-10-8-11-9-12(6-7-13(11)14(18)19-10)17-20-15(2,3)16(4,5)21-17/h6-7,9-10H,8H2,1-5H3. The van der Waals surface area contributed by atoms with Gasteiger partial charge < -0.3 is 14.0 Å². The van der Waals surface area contributed by atoms with Gasteiger partial charge in [-0.15, -0.1) is 0 Å². The van der Waals surface area contributed by atoms with E-state index in [1.165, 1.54) is 0 Å². The Labute approximate surface area is 125 Å². The number of esters is 1. The van der Waals surface area contributed by atoms with Crippen molar-refractivity contribution in [2.24, 2.45) is 0 Å². The molecule has 0 spiro atoms. The lowest BCUT2D eigenvalue weighted by molar-refractivity contribution is 0.00578. The molecule has 0 bridgehead atoms. The number of hydrogen-bond donors (Lipinski definition) is 0. The number of rotatable bonds is 1. The highest BCUT2D eigenvalue weighted by molar-refractivity contribution is 6.62. The summed E-state index contributed by atoms with van der Waals surface area (Å²) in [5.41, 5.74) is 1.88. The van der Waals surface area contributed by atoms with E-state index in [0.717, 1.165) is 17.4 Å². The van der Waals surface area contributed by atoms with E-state index in [0.29, 0.717) is 5.56 Å². The SMILES string of the molecule is CC1Cc2cc(B3OC(C)(C)C(C)(C)O3)ccc2C(=O)O1. The molecule has 112 valence electrons. The average molecular weight is 288 g/mol. The van der Waals surface area contributed by atoms with Gasteiger partial charge in [0.05, 0.1) is 16.8 Å². The molecule has 1 saturated heterocycles. The molecule has 1 unspecified atom stereocenters. The first-order chi connectivity index (χ1) is 9.69. The fourth-order valence-corrected chi connectivity index (χ4v) is 2.70. The van der Waals surface area contributed by atoms with Gasteiger partial charge >= 0.3 is 13.1 Å². The summed E-state index contributed by atoms with van der Waals surface area (Å²) in [4.78, 5) is 11.8. The smallest absolute Gasteiger partial charge is 0.459 e. The van der Waals surface area contributed by atoms with E-state index in [2.05, 4.69) is 0 Å². The lowest BCUT2D eigenvalue weighted by atomic mass is 9.77. The fourth-order valence-electron chi connectivity index (χ4n) is 2.70. The predicted molar refractivity (Wildman–Crippen MR) is 80.7 cm³/mol. The van der Waals surface area contributed by atoms with E-state index in [1.54, 1.807) is 0 Å². The van der Waals surface area contributed by atoms with Crippen molar-refractivity contribution in [1.29, 1.82) is 0 Å². The minimum atomic E-state index is -0.395. The van der Waals surface area contributed by atoms with Crippen LogP contribution < -0.4 is 5.46 Å². The van der Waals surface area contributed by atoms with Gasteiger partial charge in [0.1, 0.15) is 6.10 Å². The van der Waals surface area contributed by atoms with Crippen molar-refractivity contribution in [1.82, 2.24) is 0 Å². The number of benzene rings is 1. The third kappa shape index (κ3) is 2.38. The molecule has 2 aliphatic heterocycles. The van der Waals surface area contributed by atoms with Crippen LogP contribution in [0.25, 0.3) is 0 Å². The van der Waals surface area contributed by atoms with E-state index in [-0.39, 0.29) is 23.3 Å². The summed E-state index contributed by atoms with van der Waals surface area (Å²) in [6.07, 6.45) is 0.646. The molecule has 0 radical (unpaired) electrons. The number of ether oxygens (including phenoxy) is 1. The first kappa shape index (κ1) is 14.6. The lowest BCUT2D eigenvalue weighted by Gasteiger charge is -2.32. The maximum Gasteiger partial charge on any atom is 0.494 e. The molecule has 1 atom stereocenters. The minimum absolute atomic E-state index is 0.0847. The molecular formula is C16H21BO4. The van der Waals surface area contributed by atoms with Gasteiger partial charge in [0, 0.05) is 6.42 Å². The first-order valence-corrected chi connectivity index (χ1v) is 7.39. The van der Waals surface area contributed by atoms with Crippen LogP contribution >= 0.6 is 0 Å². The van der Waals surface area contributed by atoms with Crippen LogP contribution in [-0.4, -0.2) is 30.4 Å². The van der Waals surface area contributed by atoms with Gasteiger partial charge in [0.15, 0.2) is 0 Å². The third-order valence-corrected chi connectivity index (χ3v) is 4.69. The van der Waals surface area contributed by atoms with Crippen molar-refractivity contribution in [2.45, 2.75) is 58.3 Å². The Kier molecular flexibility index (Phi) is 3.19. The molecule has 0 amide bonds. The van der Waals surface area contributed by atoms with Crippen LogP contribution in [0, 0.1) is 0 Å². The molecule has 0 aliphatic carbocycles. The third-order valence-electron chi connectivity index (χ3n) is 4.69. The van der Waals surface area contributed by atoms with Crippen LogP contribution in [0.5, 0.6) is 0 Å². The van der Waals surface area contributed by atoms with Crippen LogP contribution in [0.4, 0.5) is 0 Å². The Balaban J connectivity index is 1.92. The fraction of sp³-hybridized carbons (Fsp3) is 0.562. The average Bonchev–Trinajstić information content (AvgIpc) is 2.57. The number of cyclic esters (lactones) is 1. The van der Waals surface area contributed by atoms with Gasteiger partial charge in [-0.1, -0.05) is 12.1 Å². The van der Waals surface area contributed by atoms with E-state index in [1.807, 2.05) is 52.8 Å². The van der Waals surface area contributed by atoms with Crippen LogP contribution in [-0.2, 0) is 20.5 Å². The predicted octanol–water partition coefficient (Wildman–Crippen LogP) is 2.09. The van der Waals surface area contributed by atoms with Crippen molar-refractivity contribution >= 4 is 18.6 Å². The maximum atomic E-state index is 11.8. The van der Waals surface area contributed by atoms with E-state index in [4.69, 9.17) is 14.0 Å². The number of carbonyl (C=O) groups excluding carboxylic acids is 1. The van der Waals surface area contributed by atoms with Gasteiger partial charge in [-0.3, -0.25) is 0 Å². The van der Waals surface area contributed by atoms with Crippen molar-refractivity contribution in [3.8, 4) is 0 Å². The van der Waals surface area contributed by atoms with Crippen molar-refractivity contribution in [2.75, 3.05) is 0 Å². The second-order valence-electron chi connectivity index (χ2n) is 6.92. The van der Waals surface area contributed by atoms with Gasteiger partial charge in [-0.2, -0.15) is 0 Å². The summed E-state index contributed by atoms with van der Waals surface area (Å²) in [7, 11) is -0.395. The molecule has 1 aromatic carbocycles. The molecule has 0 aromatic heterocycles. The molecule has 1 aromatic rings. The zero-order chi connectivity index (χ0) is 15.4. The quantitative estimate of drug-likeness (QED) is 0.586. The van der Waals surface area contributed by atoms with Crippen LogP contribution in [0.1, 0.15) is 50.5 Å². The summed E-state index contributed by atoms with van der Waals surface area (Å²) in [5, 5.41) is 0. The van der Waals surface area contributed by atoms with Gasteiger partial charge in [0.25, 0.3) is 0 Å². The second-order valence-corrected chi connectivity index (χ2v) is 6.92. The van der Waals surface area contributed by atoms with E-state index < -0.39 is 7.12 Å². The summed E-state index contributed by atoms with van der Waals surface area (Å²) < 4.78 is 17.4. The van der Waals surface area contributed by atoms with Crippen molar-refractivity contribution in [3.05, 3.63) is 29.3 Å². The number of hydrogen-bond acceptors (Lipinski definition) is 4. The zero-order valence-corrected chi connectivity index (χ0v) is 13.2. The molecule has 2 heterocycles. The molecule has 2 aliphatic rings. The van der Waals surface area contributed by atoms with Crippen LogP contribution in [0.3, 0.4) is 0 Å². The molecule has 1 fully saturated rings. The highest BCUT2D eigenvalue weighted by Crippen LogP contribution is 2.36. The van der Waals surface area contributed by atoms with Crippen LogP contribution in [0.2, 0.25) is 0 Å². The van der Waals surface area contributed by atoms with Crippen LogP contribution in [0.15, 0.2) is 18.2 Å². The Morgan fingerprint density at radius 3 is 2.38 bits per heavy atom. The highest BCUT2D eigenvalue weighted by Gasteiger charge is 2.51. The molecule has 0 N–H and O–H groups in total. The molecule has 5 heteroatoms. The Morgan fingerprint density at radius 2 is 1.76 bits per heavy atom. The monoisotopic (exact) mass is 288 g/mol. The summed E-state index contributed by atoms with van der Waals surface area (Å²) in [6.45, 7) is 10.0. The highest BCUT2D eigenvalue weighted by atomic mass is 16.7. The molecule has 4 nitrogen and oxygen atoms in total. The normalized spacial score (nSPS) is 26.4. The molecular weight excluding hydrogens is 267 g/mol. The van der Waals surface area contributed by atoms with E-state index >= 15 is 0 Å². The van der Waals surface area contributed by atoms with Gasteiger partial charge in [0.2, 0.25) is 0 Å². The first-order valence-electron chi connectivity index (χ1n) is 7.39. The molecule has 21 heavy (non-hydrogen) atoms. The Morgan fingerprint density at radius 1 is 1.14 bits per heavy atom. The number of carbonyl (C=O) groups is 1. The second kappa shape index (κ2) is 4.58. The lowest BCUT2D eigenvalue weighted by Crippen LogP contribution is -2.41. The number of fused-ring (bicyclic) bond motifs is 1. The topological polar surface area (TPSA) is 44.8 Å². The van der Waals surface area contributed by atoms with E-state index in [9.17, 15) is 4.79 Å². The Hall–Kier alpha value is -1.33. The summed E-state index contributed by atoms with van der Waals surface area (Å²) in [5.74, 6) is -0.246. The van der Waals surface area contributed by atoms with Crippen molar-refractivity contribution < 1.29 is 18.8 Å². The summed E-state index contributed by atoms with van der Waals surface area (Å²) >= 11 is 0. The summed E-state index contributed by atoms with van der Waals surface area (Å²) in [6, 6.07) is 5.70. The Bertz CT molecular complexity index is 578. The molecule has 0 saturated carbocycles. The van der Waals surface area contributed by atoms with Gasteiger partial charge in [-0.25, -0.2) is 4.79 Å². The van der Waals surface area contributed by atoms with Gasteiger partial charge in [-0.05, 0) is 51.7 Å². The van der Waals surface area contributed by atoms with Crippen molar-refractivity contribution in [3.63, 3.8) is 0 Å².